The number of aryl methyl sites for hydroxylation is 2. The van der Waals surface area contributed by atoms with E-state index in [0.29, 0.717) is 0 Å². The van der Waals surface area contributed by atoms with Gasteiger partial charge in [-0.25, -0.2) is 0 Å². The quantitative estimate of drug-likeness (QED) is 0.261. The number of hydrogen-bond donors (Lipinski definition) is 0. The number of hydrogen-bond acceptors (Lipinski definition) is 4. The molecule has 0 unspecified atom stereocenters. The summed E-state index contributed by atoms with van der Waals surface area (Å²) in [7, 11) is 4.25. The molecule has 194 valence electrons. The van der Waals surface area contributed by atoms with Crippen LogP contribution in [0, 0.1) is 0 Å². The third-order valence-electron chi connectivity index (χ3n) is 7.82. The van der Waals surface area contributed by atoms with Crippen molar-refractivity contribution in [2.45, 2.75) is 39.5 Å². The third-order valence-corrected chi connectivity index (χ3v) is 11.5. The molecular formula is C30H34ClN3OSSe. The first-order chi connectivity index (χ1) is 17.5. The van der Waals surface area contributed by atoms with E-state index >= 15 is 0 Å². The Morgan fingerprint density at radius 2 is 1.76 bits per heavy atom. The summed E-state index contributed by atoms with van der Waals surface area (Å²) in [5, 5.41) is 2.79. The van der Waals surface area contributed by atoms with Crippen molar-refractivity contribution in [2.75, 3.05) is 50.1 Å². The van der Waals surface area contributed by atoms with Gasteiger partial charge in [-0.2, -0.15) is 0 Å². The number of nitrogens with zero attached hydrogens (tertiary/aromatic N) is 3. The fourth-order valence-electron chi connectivity index (χ4n) is 5.99. The van der Waals surface area contributed by atoms with E-state index in [4.69, 9.17) is 0 Å². The maximum Gasteiger partial charge on any atom is -1.00 e. The smallest absolute Gasteiger partial charge is 1.00 e. The molecule has 2 aromatic carbocycles. The predicted octanol–water partition coefficient (Wildman–Crippen LogP) is 3.31. The van der Waals surface area contributed by atoms with Crippen LogP contribution in [0.25, 0.3) is 29.7 Å². The van der Waals surface area contributed by atoms with Gasteiger partial charge in [-0.05, 0) is 0 Å². The number of anilines is 2. The monoisotopic (exact) mass is 599 g/mol. The van der Waals surface area contributed by atoms with Crippen LogP contribution in [0.4, 0.5) is 11.4 Å². The minimum atomic E-state index is 0. The third kappa shape index (κ3) is 4.46. The summed E-state index contributed by atoms with van der Waals surface area (Å²) in [4.78, 5) is 22.0. The number of carbonyl (C=O) groups excluding carboxylic acids is 1. The van der Waals surface area contributed by atoms with Gasteiger partial charge in [0.15, 0.2) is 0 Å². The van der Waals surface area contributed by atoms with Crippen LogP contribution in [0.1, 0.15) is 47.5 Å². The molecule has 2 aliphatic rings. The molecule has 0 saturated heterocycles. The Labute approximate surface area is 236 Å². The molecule has 7 heteroatoms. The van der Waals surface area contributed by atoms with Gasteiger partial charge in [0.25, 0.3) is 0 Å². The van der Waals surface area contributed by atoms with Crippen LogP contribution in [0.15, 0.2) is 36.4 Å². The van der Waals surface area contributed by atoms with Gasteiger partial charge in [0, 0.05) is 0 Å². The molecule has 0 N–H and O–H groups in total. The van der Waals surface area contributed by atoms with Crippen LogP contribution < -0.4 is 22.2 Å². The molecule has 37 heavy (non-hydrogen) atoms. The molecule has 0 atom stereocenters. The van der Waals surface area contributed by atoms with Crippen LogP contribution in [0.5, 0.6) is 0 Å². The zero-order chi connectivity index (χ0) is 25.0. The molecule has 0 aliphatic carbocycles. The molecule has 4 nitrogen and oxygen atoms in total. The normalized spacial score (nSPS) is 14.4. The summed E-state index contributed by atoms with van der Waals surface area (Å²) in [6.07, 6.45) is 4.86. The van der Waals surface area contributed by atoms with E-state index in [2.05, 4.69) is 68.1 Å². The maximum atomic E-state index is 13.2. The Hall–Kier alpha value is -2.11. The van der Waals surface area contributed by atoms with E-state index < -0.39 is 0 Å². The molecule has 4 heterocycles. The van der Waals surface area contributed by atoms with Crippen molar-refractivity contribution in [3.63, 3.8) is 0 Å². The number of thiophene rings is 1. The van der Waals surface area contributed by atoms with Crippen LogP contribution in [0.3, 0.4) is 0 Å². The van der Waals surface area contributed by atoms with Crippen molar-refractivity contribution < 1.29 is 17.2 Å². The Morgan fingerprint density at radius 1 is 1.00 bits per heavy atom. The summed E-state index contributed by atoms with van der Waals surface area (Å²) in [6, 6.07) is 13.7. The standard InChI is InChI=1S/C30H34N3OSSe.ClH/c1-5-32(6-2)30(34)25-14-13-24(35-25)27-21-12-11-20(31(3)4)18-26(21)36-29-22-10-8-16-33-15-7-9-19(28(22)33)17-23(27)29;/h11-14,17-18H,5-10,15-16H2,1-4H3;1H/q+1;/p-1. The molecule has 0 saturated carbocycles. The Balaban J connectivity index is 0.00000280. The van der Waals surface area contributed by atoms with Crippen molar-refractivity contribution in [3.05, 3.63) is 52.4 Å². The number of halogens is 1. The number of amides is 1. The van der Waals surface area contributed by atoms with Gasteiger partial charge in [0.05, 0.1) is 0 Å². The van der Waals surface area contributed by atoms with Gasteiger partial charge in [-0.3, -0.25) is 0 Å². The Kier molecular flexibility index (Phi) is 7.57. The zero-order valence-corrected chi connectivity index (χ0v) is 25.4. The molecule has 6 rings (SSSR count). The summed E-state index contributed by atoms with van der Waals surface area (Å²) in [5.41, 5.74) is 7.30. The molecule has 0 fully saturated rings. The zero-order valence-electron chi connectivity index (χ0n) is 22.1. The maximum absolute atomic E-state index is 13.2. The van der Waals surface area contributed by atoms with E-state index in [1.807, 2.05) is 11.0 Å². The molecule has 0 bridgehead atoms. The summed E-state index contributed by atoms with van der Waals surface area (Å²) >= 11 is 1.93. The number of benzene rings is 2. The molecule has 2 aliphatic heterocycles. The first-order valence-corrected chi connectivity index (χ1v) is 15.7. The minimum absolute atomic E-state index is 0. The molecule has 0 spiro atoms. The fraction of sp³-hybridized carbons (Fsp3) is 0.400. The molecule has 4 aromatic rings. The van der Waals surface area contributed by atoms with Crippen LogP contribution in [-0.4, -0.2) is 65.6 Å². The van der Waals surface area contributed by atoms with Gasteiger partial charge in [-0.1, -0.05) is 0 Å². The second kappa shape index (κ2) is 10.6. The SMILES string of the molecule is CCN(CC)C(=O)c1ccc(-c2c3ccc(N(C)C)cc3[se+]c3c4c5c(cc23)CCCN5CCC4)s1.[Cl-]. The van der Waals surface area contributed by atoms with Gasteiger partial charge in [0.1, 0.15) is 0 Å². The number of rotatable bonds is 5. The van der Waals surface area contributed by atoms with Crippen LogP contribution in [-0.2, 0) is 12.8 Å². The van der Waals surface area contributed by atoms with Crippen LogP contribution >= 0.6 is 11.3 Å². The predicted molar refractivity (Wildman–Crippen MR) is 157 cm³/mol. The van der Waals surface area contributed by atoms with E-state index in [-0.39, 0.29) is 32.8 Å². The number of carbonyl (C=O) groups is 1. The van der Waals surface area contributed by atoms with E-state index in [9.17, 15) is 4.79 Å². The summed E-state index contributed by atoms with van der Waals surface area (Å²) < 4.78 is 3.04. The van der Waals surface area contributed by atoms with E-state index in [1.165, 1.54) is 75.5 Å². The minimum Gasteiger partial charge on any atom is -1.00 e. The molecule has 0 radical (unpaired) electrons. The summed E-state index contributed by atoms with van der Waals surface area (Å²) in [5.74, 6) is 0.149. The average Bonchev–Trinajstić information content (AvgIpc) is 3.38. The van der Waals surface area contributed by atoms with Gasteiger partial charge < -0.3 is 12.4 Å². The van der Waals surface area contributed by atoms with Gasteiger partial charge in [0.2, 0.25) is 0 Å². The fourth-order valence-corrected chi connectivity index (χ4v) is 9.71. The largest absolute Gasteiger partial charge is 1.00 e. The van der Waals surface area contributed by atoms with Gasteiger partial charge in [-0.15, -0.1) is 0 Å². The van der Waals surface area contributed by atoms with Crippen molar-refractivity contribution in [2.24, 2.45) is 0 Å². The molecular weight excluding hydrogens is 565 g/mol. The van der Waals surface area contributed by atoms with E-state index in [1.54, 1.807) is 26.8 Å². The van der Waals surface area contributed by atoms with Crippen LogP contribution in [0.2, 0.25) is 0 Å². The average molecular weight is 599 g/mol. The Bertz CT molecular complexity index is 1490. The summed E-state index contributed by atoms with van der Waals surface area (Å²) in [6.45, 7) is 8.00. The van der Waals surface area contributed by atoms with Crippen molar-refractivity contribution >= 4 is 62.4 Å². The topological polar surface area (TPSA) is 26.8 Å². The van der Waals surface area contributed by atoms with Crippen molar-refractivity contribution in [1.82, 2.24) is 4.90 Å². The molecule has 2 aromatic heterocycles. The second-order valence-electron chi connectivity index (χ2n) is 10.1. The van der Waals surface area contributed by atoms with E-state index in [0.717, 1.165) is 18.0 Å². The molecule has 1 amide bonds. The first-order valence-electron chi connectivity index (χ1n) is 13.2. The second-order valence-corrected chi connectivity index (χ2v) is 13.4. The number of fused-ring (bicyclic) bond motifs is 3. The Morgan fingerprint density at radius 3 is 2.49 bits per heavy atom. The first kappa shape index (κ1) is 26.5. The van der Waals surface area contributed by atoms with Crippen molar-refractivity contribution in [3.8, 4) is 10.4 Å². The van der Waals surface area contributed by atoms with Gasteiger partial charge >= 0.3 is 225 Å². The van der Waals surface area contributed by atoms with Crippen molar-refractivity contribution in [1.29, 1.82) is 0 Å².